The van der Waals surface area contributed by atoms with Crippen molar-refractivity contribution in [3.05, 3.63) is 36.5 Å². The molecule has 0 aromatic heterocycles. The molecule has 0 aliphatic rings. The first-order valence-electron chi connectivity index (χ1n) is 7.34. The van der Waals surface area contributed by atoms with Gasteiger partial charge < -0.3 is 14.6 Å². The quantitative estimate of drug-likeness (QED) is 0.398. The highest BCUT2D eigenvalue weighted by Gasteiger charge is 2.07. The normalized spacial score (nSPS) is 9.96. The summed E-state index contributed by atoms with van der Waals surface area (Å²) in [5.74, 6) is -1.81. The molecule has 0 fully saturated rings. The highest BCUT2D eigenvalue weighted by atomic mass is 16.5. The van der Waals surface area contributed by atoms with Gasteiger partial charge in [0.1, 0.15) is 0 Å². The number of allylic oxidation sites excluding steroid dienone is 1. The van der Waals surface area contributed by atoms with Gasteiger partial charge in [0.2, 0.25) is 0 Å². The molecule has 6 nitrogen and oxygen atoms in total. The smallest absolute Gasteiger partial charge is 0.333 e. The SMILES string of the molecule is C=C(CC=C(C)C(=O)O)C(=O)OCCCC.C=CC(=O)OCC. The zero-order valence-electron chi connectivity index (χ0n) is 14.1. The van der Waals surface area contributed by atoms with Gasteiger partial charge in [0.25, 0.3) is 0 Å². The van der Waals surface area contributed by atoms with Crippen LogP contribution in [0, 0.1) is 0 Å². The fourth-order valence-electron chi connectivity index (χ4n) is 1.06. The van der Waals surface area contributed by atoms with Gasteiger partial charge in [-0.25, -0.2) is 14.4 Å². The van der Waals surface area contributed by atoms with Crippen molar-refractivity contribution in [3.63, 3.8) is 0 Å². The van der Waals surface area contributed by atoms with E-state index in [9.17, 15) is 14.4 Å². The predicted octanol–water partition coefficient (Wildman–Crippen LogP) is 3.04. The molecule has 0 atom stereocenters. The lowest BCUT2D eigenvalue weighted by Crippen LogP contribution is -2.08. The Bertz CT molecular complexity index is 448. The highest BCUT2D eigenvalue weighted by Crippen LogP contribution is 2.06. The van der Waals surface area contributed by atoms with E-state index in [4.69, 9.17) is 9.84 Å². The molecule has 130 valence electrons. The molecule has 0 radical (unpaired) electrons. The second-order valence-electron chi connectivity index (χ2n) is 4.45. The van der Waals surface area contributed by atoms with Gasteiger partial charge in [0, 0.05) is 17.2 Å². The number of unbranched alkanes of at least 4 members (excludes halogenated alkanes) is 1. The van der Waals surface area contributed by atoms with Crippen molar-refractivity contribution in [2.24, 2.45) is 0 Å². The van der Waals surface area contributed by atoms with Crippen molar-refractivity contribution in [1.29, 1.82) is 0 Å². The fourth-order valence-corrected chi connectivity index (χ4v) is 1.06. The summed E-state index contributed by atoms with van der Waals surface area (Å²) in [6, 6.07) is 0. The third-order valence-corrected chi connectivity index (χ3v) is 2.46. The lowest BCUT2D eigenvalue weighted by molar-refractivity contribution is -0.139. The summed E-state index contributed by atoms with van der Waals surface area (Å²) in [4.78, 5) is 31.9. The molecule has 0 saturated heterocycles. The van der Waals surface area contributed by atoms with Crippen LogP contribution < -0.4 is 0 Å². The second-order valence-corrected chi connectivity index (χ2v) is 4.45. The minimum absolute atomic E-state index is 0.197. The van der Waals surface area contributed by atoms with Crippen LogP contribution in [0.2, 0.25) is 0 Å². The third kappa shape index (κ3) is 14.3. The minimum atomic E-state index is -0.993. The Morgan fingerprint density at radius 2 is 1.78 bits per heavy atom. The summed E-state index contributed by atoms with van der Waals surface area (Å²) in [5, 5.41) is 8.59. The van der Waals surface area contributed by atoms with Gasteiger partial charge in [-0.15, -0.1) is 0 Å². The molecule has 6 heteroatoms. The van der Waals surface area contributed by atoms with E-state index in [0.717, 1.165) is 18.9 Å². The number of aliphatic carboxylic acids is 1. The van der Waals surface area contributed by atoms with E-state index in [0.29, 0.717) is 13.2 Å². The number of ether oxygens (including phenoxy) is 2. The van der Waals surface area contributed by atoms with Gasteiger partial charge in [-0.3, -0.25) is 0 Å². The monoisotopic (exact) mass is 326 g/mol. The number of carbonyl (C=O) groups excluding carboxylic acids is 2. The van der Waals surface area contributed by atoms with E-state index in [1.54, 1.807) is 6.92 Å². The second kappa shape index (κ2) is 14.6. The first kappa shape index (κ1) is 22.9. The van der Waals surface area contributed by atoms with Crippen molar-refractivity contribution >= 4 is 17.9 Å². The van der Waals surface area contributed by atoms with Gasteiger partial charge in [0.05, 0.1) is 13.2 Å². The molecule has 0 amide bonds. The van der Waals surface area contributed by atoms with Crippen LogP contribution in [0.1, 0.15) is 40.0 Å². The number of carboxylic acids is 1. The number of rotatable bonds is 9. The minimum Gasteiger partial charge on any atom is -0.478 e. The summed E-state index contributed by atoms with van der Waals surface area (Å²) >= 11 is 0. The largest absolute Gasteiger partial charge is 0.478 e. The molecule has 0 saturated carbocycles. The molecule has 0 aromatic carbocycles. The zero-order chi connectivity index (χ0) is 18.3. The van der Waals surface area contributed by atoms with Crippen LogP contribution >= 0.6 is 0 Å². The van der Waals surface area contributed by atoms with Gasteiger partial charge in [-0.05, 0) is 26.7 Å². The van der Waals surface area contributed by atoms with Crippen LogP contribution in [0.15, 0.2) is 36.5 Å². The Morgan fingerprint density at radius 3 is 2.17 bits per heavy atom. The molecule has 0 heterocycles. The Kier molecular flexibility index (Phi) is 14.5. The van der Waals surface area contributed by atoms with Gasteiger partial charge in [-0.2, -0.15) is 0 Å². The van der Waals surface area contributed by atoms with Crippen molar-refractivity contribution in [3.8, 4) is 0 Å². The lowest BCUT2D eigenvalue weighted by atomic mass is 10.1. The van der Waals surface area contributed by atoms with E-state index >= 15 is 0 Å². The van der Waals surface area contributed by atoms with E-state index < -0.39 is 11.9 Å². The van der Waals surface area contributed by atoms with Crippen LogP contribution in [-0.2, 0) is 23.9 Å². The Labute approximate surface area is 137 Å². The van der Waals surface area contributed by atoms with Crippen molar-refractivity contribution in [1.82, 2.24) is 0 Å². The van der Waals surface area contributed by atoms with E-state index in [-0.39, 0.29) is 23.5 Å². The number of carbonyl (C=O) groups is 3. The molecular formula is C17H26O6. The maximum Gasteiger partial charge on any atom is 0.333 e. The first-order chi connectivity index (χ1) is 10.8. The Balaban J connectivity index is 0. The number of hydrogen-bond acceptors (Lipinski definition) is 5. The average molecular weight is 326 g/mol. The van der Waals surface area contributed by atoms with Crippen molar-refractivity contribution in [2.45, 2.75) is 40.0 Å². The van der Waals surface area contributed by atoms with Crippen LogP contribution in [0.5, 0.6) is 0 Å². The zero-order valence-corrected chi connectivity index (χ0v) is 14.1. The Morgan fingerprint density at radius 1 is 1.17 bits per heavy atom. The van der Waals surface area contributed by atoms with Crippen LogP contribution in [0.25, 0.3) is 0 Å². The molecule has 23 heavy (non-hydrogen) atoms. The number of hydrogen-bond donors (Lipinski definition) is 1. The molecule has 0 aliphatic carbocycles. The molecule has 0 spiro atoms. The molecule has 0 rings (SSSR count). The van der Waals surface area contributed by atoms with E-state index in [1.165, 1.54) is 13.0 Å². The standard InChI is InChI=1S/C12H18O4.C5H8O2/c1-4-5-8-16-12(15)10(3)7-6-9(2)11(13)14;1-3-5(6)7-4-2/h6H,3-5,7-8H2,1-2H3,(H,13,14);3H,1,4H2,2H3. The van der Waals surface area contributed by atoms with Gasteiger partial charge >= 0.3 is 17.9 Å². The van der Waals surface area contributed by atoms with Crippen molar-refractivity contribution in [2.75, 3.05) is 13.2 Å². The van der Waals surface area contributed by atoms with Crippen LogP contribution in [0.3, 0.4) is 0 Å². The Hall–Kier alpha value is -2.37. The van der Waals surface area contributed by atoms with E-state index in [1.807, 2.05) is 6.92 Å². The molecular weight excluding hydrogens is 300 g/mol. The van der Waals surface area contributed by atoms with E-state index in [2.05, 4.69) is 17.9 Å². The lowest BCUT2D eigenvalue weighted by Gasteiger charge is -2.04. The molecule has 1 N–H and O–H groups in total. The topological polar surface area (TPSA) is 89.9 Å². The molecule has 0 aliphatic heterocycles. The summed E-state index contributed by atoms with van der Waals surface area (Å²) < 4.78 is 9.36. The molecule has 0 aromatic rings. The van der Waals surface area contributed by atoms with Crippen molar-refractivity contribution < 1.29 is 29.0 Å². The number of esters is 2. The predicted molar refractivity (Wildman–Crippen MR) is 87.8 cm³/mol. The summed E-state index contributed by atoms with van der Waals surface area (Å²) in [7, 11) is 0. The van der Waals surface area contributed by atoms with Gasteiger partial charge in [-0.1, -0.05) is 32.6 Å². The van der Waals surface area contributed by atoms with Crippen LogP contribution in [-0.4, -0.2) is 36.2 Å². The highest BCUT2D eigenvalue weighted by molar-refractivity contribution is 5.89. The summed E-state index contributed by atoms with van der Waals surface area (Å²) in [6.07, 6.45) is 4.58. The maximum absolute atomic E-state index is 11.3. The fraction of sp³-hybridized carbons (Fsp3) is 0.471. The summed E-state index contributed by atoms with van der Waals surface area (Å²) in [6.45, 7) is 12.8. The third-order valence-electron chi connectivity index (χ3n) is 2.46. The number of carboxylic acid groups (broad SMARTS) is 1. The van der Waals surface area contributed by atoms with Crippen LogP contribution in [0.4, 0.5) is 0 Å². The average Bonchev–Trinajstić information content (AvgIpc) is 2.52. The summed E-state index contributed by atoms with van der Waals surface area (Å²) in [5.41, 5.74) is 0.471. The van der Waals surface area contributed by atoms with Gasteiger partial charge in [0.15, 0.2) is 0 Å². The molecule has 0 bridgehead atoms. The first-order valence-corrected chi connectivity index (χ1v) is 7.34. The maximum atomic E-state index is 11.3. The molecule has 0 unspecified atom stereocenters.